The Kier molecular flexibility index (Phi) is 3.90. The molecule has 106 valence electrons. The summed E-state index contributed by atoms with van der Waals surface area (Å²) in [4.78, 5) is 11.3. The van der Waals surface area contributed by atoms with Crippen LogP contribution in [0.2, 0.25) is 0 Å². The van der Waals surface area contributed by atoms with E-state index in [9.17, 15) is 10.1 Å². The lowest BCUT2D eigenvalue weighted by atomic mass is 10.1. The first kappa shape index (κ1) is 14.0. The van der Waals surface area contributed by atoms with E-state index >= 15 is 0 Å². The van der Waals surface area contributed by atoms with E-state index < -0.39 is 0 Å². The highest BCUT2D eigenvalue weighted by Crippen LogP contribution is 2.31. The SMILES string of the molecule is O=[N+]([O-])c1ccc(CNc2ccc(Br)c3ccccc23)s1. The fourth-order valence-corrected chi connectivity index (χ4v) is 3.40. The molecule has 3 rings (SSSR count). The van der Waals surface area contributed by atoms with Crippen molar-refractivity contribution in [1.29, 1.82) is 0 Å². The number of rotatable bonds is 4. The van der Waals surface area contributed by atoms with Crippen molar-refractivity contribution < 1.29 is 4.92 Å². The summed E-state index contributed by atoms with van der Waals surface area (Å²) >= 11 is 4.74. The zero-order valence-corrected chi connectivity index (χ0v) is 13.3. The number of hydrogen-bond donors (Lipinski definition) is 1. The highest BCUT2D eigenvalue weighted by atomic mass is 79.9. The molecule has 0 radical (unpaired) electrons. The second-order valence-electron chi connectivity index (χ2n) is 4.49. The molecule has 0 aliphatic heterocycles. The lowest BCUT2D eigenvalue weighted by Crippen LogP contribution is -1.98. The van der Waals surface area contributed by atoms with Crippen molar-refractivity contribution in [2.45, 2.75) is 6.54 Å². The van der Waals surface area contributed by atoms with Gasteiger partial charge in [0.2, 0.25) is 0 Å². The van der Waals surface area contributed by atoms with E-state index in [1.54, 1.807) is 12.1 Å². The van der Waals surface area contributed by atoms with Gasteiger partial charge in [0.15, 0.2) is 0 Å². The van der Waals surface area contributed by atoms with Crippen molar-refractivity contribution in [2.75, 3.05) is 5.32 Å². The van der Waals surface area contributed by atoms with Gasteiger partial charge in [0.1, 0.15) is 0 Å². The smallest absolute Gasteiger partial charge is 0.324 e. The van der Waals surface area contributed by atoms with Crippen LogP contribution in [0.1, 0.15) is 4.88 Å². The third kappa shape index (κ3) is 2.91. The number of hydrogen-bond acceptors (Lipinski definition) is 4. The molecule has 0 amide bonds. The maximum Gasteiger partial charge on any atom is 0.324 e. The second kappa shape index (κ2) is 5.83. The van der Waals surface area contributed by atoms with Gasteiger partial charge in [-0.15, -0.1) is 0 Å². The van der Waals surface area contributed by atoms with Gasteiger partial charge < -0.3 is 5.32 Å². The third-order valence-electron chi connectivity index (χ3n) is 3.15. The predicted molar refractivity (Wildman–Crippen MR) is 89.9 cm³/mol. The van der Waals surface area contributed by atoms with Crippen molar-refractivity contribution >= 4 is 48.7 Å². The van der Waals surface area contributed by atoms with Crippen molar-refractivity contribution in [2.24, 2.45) is 0 Å². The number of thiophene rings is 1. The molecule has 3 aromatic rings. The predicted octanol–water partition coefficient (Wildman–Crippen LogP) is 5.18. The van der Waals surface area contributed by atoms with Crippen LogP contribution in [0.25, 0.3) is 10.8 Å². The fourth-order valence-electron chi connectivity index (χ4n) is 2.16. The summed E-state index contributed by atoms with van der Waals surface area (Å²) in [5.41, 5.74) is 1.02. The molecule has 0 aliphatic carbocycles. The van der Waals surface area contributed by atoms with Gasteiger partial charge >= 0.3 is 5.00 Å². The zero-order valence-electron chi connectivity index (χ0n) is 10.9. The normalized spacial score (nSPS) is 10.7. The number of nitro groups is 1. The molecule has 21 heavy (non-hydrogen) atoms. The molecular weight excluding hydrogens is 352 g/mol. The fraction of sp³-hybridized carbons (Fsp3) is 0.0667. The van der Waals surface area contributed by atoms with E-state index in [0.717, 1.165) is 25.8 Å². The van der Waals surface area contributed by atoms with Crippen LogP contribution >= 0.6 is 27.3 Å². The quantitative estimate of drug-likeness (QED) is 0.513. The molecule has 0 fully saturated rings. The van der Waals surface area contributed by atoms with Crippen molar-refractivity contribution in [3.05, 3.63) is 68.0 Å². The Bertz CT molecular complexity index is 816. The van der Waals surface area contributed by atoms with Gasteiger partial charge in [-0.3, -0.25) is 10.1 Å². The molecule has 0 saturated heterocycles. The van der Waals surface area contributed by atoms with E-state index in [-0.39, 0.29) is 9.92 Å². The van der Waals surface area contributed by atoms with Gasteiger partial charge in [0.05, 0.1) is 4.92 Å². The average molecular weight is 363 g/mol. The van der Waals surface area contributed by atoms with Crippen LogP contribution in [0, 0.1) is 10.1 Å². The minimum atomic E-state index is -0.358. The Morgan fingerprint density at radius 2 is 1.86 bits per heavy atom. The molecular formula is C15H11BrN2O2S. The number of nitrogens with one attached hydrogen (secondary N) is 1. The Labute approximate surface area is 133 Å². The van der Waals surface area contributed by atoms with Gasteiger partial charge in [-0.1, -0.05) is 51.5 Å². The van der Waals surface area contributed by atoms with E-state index in [0.29, 0.717) is 6.54 Å². The van der Waals surface area contributed by atoms with E-state index in [1.165, 1.54) is 11.3 Å². The standard InChI is InChI=1S/C15H11BrN2O2S/c16-13-6-7-14(12-4-2-1-3-11(12)13)17-9-10-5-8-15(21-10)18(19)20/h1-8,17H,9H2. The van der Waals surface area contributed by atoms with Crippen molar-refractivity contribution in [3.63, 3.8) is 0 Å². The number of benzene rings is 2. The number of halogens is 1. The number of nitrogens with zero attached hydrogens (tertiary/aromatic N) is 1. The second-order valence-corrected chi connectivity index (χ2v) is 6.49. The minimum absolute atomic E-state index is 0.174. The number of anilines is 1. The Balaban J connectivity index is 1.85. The van der Waals surface area contributed by atoms with Crippen molar-refractivity contribution in [1.82, 2.24) is 0 Å². The van der Waals surface area contributed by atoms with Crippen molar-refractivity contribution in [3.8, 4) is 0 Å². The Morgan fingerprint density at radius 3 is 2.57 bits per heavy atom. The monoisotopic (exact) mass is 362 g/mol. The van der Waals surface area contributed by atoms with Crippen LogP contribution in [-0.4, -0.2) is 4.92 Å². The zero-order chi connectivity index (χ0) is 14.8. The maximum absolute atomic E-state index is 10.7. The summed E-state index contributed by atoms with van der Waals surface area (Å²) in [6.07, 6.45) is 0. The maximum atomic E-state index is 10.7. The van der Waals surface area contributed by atoms with E-state index in [4.69, 9.17) is 0 Å². The Morgan fingerprint density at radius 1 is 1.10 bits per heavy atom. The molecule has 0 unspecified atom stereocenters. The molecule has 2 aromatic carbocycles. The molecule has 0 bridgehead atoms. The summed E-state index contributed by atoms with van der Waals surface area (Å²) in [5.74, 6) is 0. The molecule has 1 aromatic heterocycles. The first-order valence-electron chi connectivity index (χ1n) is 6.29. The average Bonchev–Trinajstić information content (AvgIpc) is 2.96. The summed E-state index contributed by atoms with van der Waals surface area (Å²) in [6.45, 7) is 0.574. The molecule has 1 heterocycles. The Hall–Kier alpha value is -1.92. The topological polar surface area (TPSA) is 55.2 Å². The van der Waals surface area contributed by atoms with Crippen LogP contribution in [0.3, 0.4) is 0 Å². The third-order valence-corrected chi connectivity index (χ3v) is 4.88. The molecule has 0 aliphatic rings. The van der Waals surface area contributed by atoms with Gasteiger partial charge in [-0.25, -0.2) is 0 Å². The lowest BCUT2D eigenvalue weighted by Gasteiger charge is -2.10. The number of fused-ring (bicyclic) bond motifs is 1. The summed E-state index contributed by atoms with van der Waals surface area (Å²) < 4.78 is 1.05. The first-order valence-corrected chi connectivity index (χ1v) is 7.90. The highest BCUT2D eigenvalue weighted by Gasteiger charge is 2.10. The van der Waals surface area contributed by atoms with Crippen LogP contribution in [0.5, 0.6) is 0 Å². The van der Waals surface area contributed by atoms with E-state index in [2.05, 4.69) is 33.4 Å². The van der Waals surface area contributed by atoms with Gasteiger partial charge in [-0.2, -0.15) is 0 Å². The van der Waals surface area contributed by atoms with Gasteiger partial charge in [0.25, 0.3) is 0 Å². The largest absolute Gasteiger partial charge is 0.380 e. The highest BCUT2D eigenvalue weighted by molar-refractivity contribution is 9.10. The van der Waals surface area contributed by atoms with Gasteiger partial charge in [-0.05, 0) is 23.6 Å². The molecule has 6 heteroatoms. The van der Waals surface area contributed by atoms with E-state index in [1.807, 2.05) is 24.3 Å². The summed E-state index contributed by atoms with van der Waals surface area (Å²) in [7, 11) is 0. The van der Waals surface area contributed by atoms with Crippen LogP contribution in [0.15, 0.2) is 53.0 Å². The molecule has 1 N–H and O–H groups in total. The molecule has 0 atom stereocenters. The molecule has 0 spiro atoms. The summed E-state index contributed by atoms with van der Waals surface area (Å²) in [6, 6.07) is 15.4. The molecule has 0 saturated carbocycles. The lowest BCUT2D eigenvalue weighted by molar-refractivity contribution is -0.380. The van der Waals surface area contributed by atoms with Crippen LogP contribution < -0.4 is 5.32 Å². The summed E-state index contributed by atoms with van der Waals surface area (Å²) in [5, 5.41) is 16.5. The van der Waals surface area contributed by atoms with Crippen LogP contribution in [-0.2, 0) is 6.54 Å². The molecule has 4 nitrogen and oxygen atoms in total. The first-order chi connectivity index (χ1) is 10.1. The minimum Gasteiger partial charge on any atom is -0.380 e. The van der Waals surface area contributed by atoms with Gasteiger partial charge in [0, 0.05) is 33.0 Å². The van der Waals surface area contributed by atoms with Crippen LogP contribution in [0.4, 0.5) is 10.7 Å².